The summed E-state index contributed by atoms with van der Waals surface area (Å²) in [6, 6.07) is 47.3. The lowest BCUT2D eigenvalue weighted by atomic mass is 9.68. The zero-order valence-corrected chi connectivity index (χ0v) is 24.3. The molecule has 0 spiro atoms. The molecule has 1 aliphatic carbocycles. The van der Waals surface area contributed by atoms with Crippen LogP contribution in [0.15, 0.2) is 133 Å². The monoisotopic (exact) mass is 556 g/mol. The highest BCUT2D eigenvalue weighted by molar-refractivity contribution is 7.26. The highest BCUT2D eigenvalue weighted by atomic mass is 32.1. The summed E-state index contributed by atoms with van der Waals surface area (Å²) in [5, 5.41) is 2.64. The van der Waals surface area contributed by atoms with Gasteiger partial charge in [0, 0.05) is 36.7 Å². The molecule has 0 atom stereocenters. The van der Waals surface area contributed by atoms with E-state index in [1.165, 1.54) is 42.4 Å². The fraction of sp³-hybridized carbons (Fsp3) is 0.0750. The van der Waals surface area contributed by atoms with E-state index in [2.05, 4.69) is 123 Å². The fourth-order valence-electron chi connectivity index (χ4n) is 6.67. The molecule has 6 aromatic carbocycles. The van der Waals surface area contributed by atoms with Gasteiger partial charge in [0.25, 0.3) is 0 Å². The Hall–Kier alpha value is -4.79. The molecule has 0 N–H and O–H groups in total. The molecule has 8 rings (SSSR count). The average Bonchev–Trinajstić information content (AvgIpc) is 3.43. The van der Waals surface area contributed by atoms with Crippen molar-refractivity contribution in [2.24, 2.45) is 0 Å². The standard InChI is InChI=1S/C40H28OS/c1-40(2)35-18-5-3-15-33(35)38(41)34-21-20-28(24-36(34)40)26-11-7-10-25(22-26)27-12-8-13-29(23-27)30-16-9-17-32-31-14-4-6-19-37(31)42-39(30)32/h3-24H,1-2H3. The van der Waals surface area contributed by atoms with E-state index in [1.54, 1.807) is 0 Å². The zero-order valence-electron chi connectivity index (χ0n) is 23.5. The van der Waals surface area contributed by atoms with Gasteiger partial charge >= 0.3 is 0 Å². The van der Waals surface area contributed by atoms with E-state index in [9.17, 15) is 4.79 Å². The van der Waals surface area contributed by atoms with Crippen LogP contribution in [0, 0.1) is 0 Å². The summed E-state index contributed by atoms with van der Waals surface area (Å²) in [4.78, 5) is 13.4. The van der Waals surface area contributed by atoms with Crippen LogP contribution in [0.4, 0.5) is 0 Å². The van der Waals surface area contributed by atoms with Crippen LogP contribution in [0.2, 0.25) is 0 Å². The van der Waals surface area contributed by atoms with Crippen molar-refractivity contribution in [2.75, 3.05) is 0 Å². The lowest BCUT2D eigenvalue weighted by molar-refractivity contribution is 0.103. The predicted octanol–water partition coefficient (Wildman–Crippen LogP) is 10.9. The number of thiophene rings is 1. The Balaban J connectivity index is 1.20. The van der Waals surface area contributed by atoms with E-state index in [4.69, 9.17) is 0 Å². The number of fused-ring (bicyclic) bond motifs is 5. The molecule has 200 valence electrons. The summed E-state index contributed by atoms with van der Waals surface area (Å²) in [7, 11) is 0. The lowest BCUT2D eigenvalue weighted by Gasteiger charge is -2.34. The fourth-order valence-corrected chi connectivity index (χ4v) is 7.91. The van der Waals surface area contributed by atoms with Gasteiger partial charge in [-0.25, -0.2) is 0 Å². The van der Waals surface area contributed by atoms with Gasteiger partial charge in [-0.05, 0) is 68.8 Å². The summed E-state index contributed by atoms with van der Waals surface area (Å²) in [5.74, 6) is 0.116. The van der Waals surface area contributed by atoms with Crippen LogP contribution in [0.5, 0.6) is 0 Å². The summed E-state index contributed by atoms with van der Waals surface area (Å²) in [5.41, 5.74) is 10.7. The van der Waals surface area contributed by atoms with Crippen LogP contribution in [0.1, 0.15) is 40.9 Å². The van der Waals surface area contributed by atoms with E-state index in [0.29, 0.717) is 0 Å². The third kappa shape index (κ3) is 3.79. The number of ketones is 1. The quantitative estimate of drug-likeness (QED) is 0.212. The Morgan fingerprint density at radius 3 is 1.86 bits per heavy atom. The van der Waals surface area contributed by atoms with Gasteiger partial charge in [-0.15, -0.1) is 11.3 Å². The topological polar surface area (TPSA) is 17.1 Å². The normalized spacial score (nSPS) is 13.7. The molecule has 0 bridgehead atoms. The van der Waals surface area contributed by atoms with Crippen molar-refractivity contribution >= 4 is 37.3 Å². The third-order valence-corrected chi connectivity index (χ3v) is 10.1. The molecule has 42 heavy (non-hydrogen) atoms. The molecular weight excluding hydrogens is 529 g/mol. The highest BCUT2D eigenvalue weighted by Gasteiger charge is 2.36. The minimum atomic E-state index is -0.255. The van der Waals surface area contributed by atoms with E-state index < -0.39 is 0 Å². The number of carbonyl (C=O) groups excluding carboxylic acids is 1. The molecule has 0 saturated heterocycles. The van der Waals surface area contributed by atoms with Crippen molar-refractivity contribution in [3.05, 3.63) is 156 Å². The Morgan fingerprint density at radius 2 is 1.05 bits per heavy atom. The second-order valence-electron chi connectivity index (χ2n) is 11.7. The number of benzene rings is 6. The van der Waals surface area contributed by atoms with E-state index in [-0.39, 0.29) is 11.2 Å². The number of hydrogen-bond acceptors (Lipinski definition) is 2. The largest absolute Gasteiger partial charge is 0.289 e. The van der Waals surface area contributed by atoms with E-state index in [0.717, 1.165) is 33.4 Å². The molecule has 0 aliphatic heterocycles. The smallest absolute Gasteiger partial charge is 0.193 e. The molecule has 0 amide bonds. The average molecular weight is 557 g/mol. The van der Waals surface area contributed by atoms with Crippen molar-refractivity contribution in [3.63, 3.8) is 0 Å². The molecule has 0 fully saturated rings. The molecule has 1 nitrogen and oxygen atoms in total. The molecular formula is C40H28OS. The zero-order chi connectivity index (χ0) is 28.4. The van der Waals surface area contributed by atoms with Crippen LogP contribution < -0.4 is 0 Å². The lowest BCUT2D eigenvalue weighted by Crippen LogP contribution is -2.30. The Kier molecular flexibility index (Phi) is 5.57. The number of carbonyl (C=O) groups is 1. The van der Waals surface area contributed by atoms with Crippen LogP contribution in [-0.2, 0) is 5.41 Å². The van der Waals surface area contributed by atoms with Gasteiger partial charge in [0.05, 0.1) is 0 Å². The van der Waals surface area contributed by atoms with Gasteiger partial charge < -0.3 is 0 Å². The molecule has 1 aromatic heterocycles. The Labute approximate surface area is 249 Å². The predicted molar refractivity (Wildman–Crippen MR) is 178 cm³/mol. The van der Waals surface area contributed by atoms with Gasteiger partial charge in [0.2, 0.25) is 0 Å². The first-order valence-corrected chi connectivity index (χ1v) is 15.2. The minimum absolute atomic E-state index is 0.116. The van der Waals surface area contributed by atoms with Crippen molar-refractivity contribution in [3.8, 4) is 33.4 Å². The van der Waals surface area contributed by atoms with Crippen molar-refractivity contribution < 1.29 is 4.79 Å². The highest BCUT2D eigenvalue weighted by Crippen LogP contribution is 2.43. The Morgan fingerprint density at radius 1 is 0.476 bits per heavy atom. The van der Waals surface area contributed by atoms with Crippen molar-refractivity contribution in [2.45, 2.75) is 19.3 Å². The maximum absolute atomic E-state index is 13.4. The van der Waals surface area contributed by atoms with E-state index >= 15 is 0 Å². The molecule has 0 radical (unpaired) electrons. The first kappa shape index (κ1) is 25.0. The number of rotatable bonds is 3. The van der Waals surface area contributed by atoms with Crippen LogP contribution in [-0.4, -0.2) is 5.78 Å². The third-order valence-electron chi connectivity index (χ3n) is 8.89. The van der Waals surface area contributed by atoms with Gasteiger partial charge in [-0.3, -0.25) is 4.79 Å². The first-order chi connectivity index (χ1) is 20.5. The summed E-state index contributed by atoms with van der Waals surface area (Å²) < 4.78 is 2.65. The Bertz CT molecular complexity index is 2200. The maximum atomic E-state index is 13.4. The molecule has 1 heterocycles. The minimum Gasteiger partial charge on any atom is -0.289 e. The molecule has 2 heteroatoms. The molecule has 1 aliphatic rings. The number of hydrogen-bond donors (Lipinski definition) is 0. The maximum Gasteiger partial charge on any atom is 0.193 e. The summed E-state index contributed by atoms with van der Waals surface area (Å²) >= 11 is 1.87. The van der Waals surface area contributed by atoms with Gasteiger partial charge in [-0.2, -0.15) is 0 Å². The van der Waals surface area contributed by atoms with Crippen LogP contribution in [0.3, 0.4) is 0 Å². The second kappa shape index (κ2) is 9.37. The second-order valence-corrected chi connectivity index (χ2v) is 12.8. The van der Waals surface area contributed by atoms with Crippen LogP contribution >= 0.6 is 11.3 Å². The van der Waals surface area contributed by atoms with Gasteiger partial charge in [0.1, 0.15) is 0 Å². The van der Waals surface area contributed by atoms with Gasteiger partial charge in [-0.1, -0.05) is 123 Å². The molecule has 0 saturated carbocycles. The SMILES string of the molecule is CC1(C)c2ccccc2C(=O)c2ccc(-c3cccc(-c4cccc(-c5cccc6c5sc5ccccc56)c4)c3)cc21. The van der Waals surface area contributed by atoms with E-state index in [1.807, 2.05) is 35.6 Å². The molecule has 7 aromatic rings. The summed E-state index contributed by atoms with van der Waals surface area (Å²) in [6.45, 7) is 4.44. The van der Waals surface area contributed by atoms with Gasteiger partial charge in [0.15, 0.2) is 5.78 Å². The first-order valence-electron chi connectivity index (χ1n) is 14.4. The molecule has 0 unspecified atom stereocenters. The van der Waals surface area contributed by atoms with Crippen molar-refractivity contribution in [1.29, 1.82) is 0 Å². The summed E-state index contributed by atoms with van der Waals surface area (Å²) in [6.07, 6.45) is 0. The van der Waals surface area contributed by atoms with Crippen LogP contribution in [0.25, 0.3) is 53.6 Å². The van der Waals surface area contributed by atoms with Crippen molar-refractivity contribution in [1.82, 2.24) is 0 Å².